The van der Waals surface area contributed by atoms with Gasteiger partial charge >= 0.3 is 0 Å². The first-order valence-corrected chi connectivity index (χ1v) is 5.97. The fourth-order valence-electron chi connectivity index (χ4n) is 1.65. The summed E-state index contributed by atoms with van der Waals surface area (Å²) in [6.45, 7) is 3.56. The maximum atomic E-state index is 8.66. The SMILES string of the molecule is CCC(CC#N)NCc1ccc(COC)cc1. The van der Waals surface area contributed by atoms with E-state index in [1.165, 1.54) is 11.1 Å². The van der Waals surface area contributed by atoms with Crippen molar-refractivity contribution in [3.05, 3.63) is 35.4 Å². The monoisotopic (exact) mass is 232 g/mol. The third-order valence-corrected chi connectivity index (χ3v) is 2.76. The van der Waals surface area contributed by atoms with Gasteiger partial charge in [0.15, 0.2) is 0 Å². The zero-order valence-corrected chi connectivity index (χ0v) is 10.6. The average molecular weight is 232 g/mol. The molecule has 0 saturated heterocycles. The van der Waals surface area contributed by atoms with Crippen molar-refractivity contribution < 1.29 is 4.74 Å². The van der Waals surface area contributed by atoms with E-state index in [0.717, 1.165) is 13.0 Å². The zero-order valence-electron chi connectivity index (χ0n) is 10.6. The van der Waals surface area contributed by atoms with E-state index in [4.69, 9.17) is 10.00 Å². The lowest BCUT2D eigenvalue weighted by molar-refractivity contribution is 0.185. The number of nitrogens with one attached hydrogen (secondary N) is 1. The normalized spacial score (nSPS) is 12.1. The molecule has 0 aliphatic rings. The van der Waals surface area contributed by atoms with E-state index in [-0.39, 0.29) is 0 Å². The van der Waals surface area contributed by atoms with Gasteiger partial charge in [0.2, 0.25) is 0 Å². The van der Waals surface area contributed by atoms with Gasteiger partial charge in [0, 0.05) is 19.7 Å². The largest absolute Gasteiger partial charge is 0.380 e. The molecule has 1 aromatic carbocycles. The molecule has 0 heterocycles. The Bertz CT molecular complexity index is 353. The van der Waals surface area contributed by atoms with Crippen LogP contribution in [-0.2, 0) is 17.9 Å². The molecular formula is C14H20N2O. The Kier molecular flexibility index (Phi) is 6.31. The van der Waals surface area contributed by atoms with Crippen molar-refractivity contribution in [2.75, 3.05) is 7.11 Å². The van der Waals surface area contributed by atoms with Crippen molar-refractivity contribution >= 4 is 0 Å². The molecule has 1 N–H and O–H groups in total. The molecule has 92 valence electrons. The van der Waals surface area contributed by atoms with Gasteiger partial charge in [0.25, 0.3) is 0 Å². The zero-order chi connectivity index (χ0) is 12.5. The summed E-state index contributed by atoms with van der Waals surface area (Å²) in [6, 6.07) is 10.8. The number of hydrogen-bond donors (Lipinski definition) is 1. The van der Waals surface area contributed by atoms with E-state index >= 15 is 0 Å². The molecule has 0 amide bonds. The third kappa shape index (κ3) is 4.99. The van der Waals surface area contributed by atoms with Crippen LogP contribution in [-0.4, -0.2) is 13.2 Å². The van der Waals surface area contributed by atoms with Gasteiger partial charge in [-0.1, -0.05) is 31.2 Å². The molecule has 0 aromatic heterocycles. The number of hydrogen-bond acceptors (Lipinski definition) is 3. The van der Waals surface area contributed by atoms with Crippen LogP contribution in [0.5, 0.6) is 0 Å². The van der Waals surface area contributed by atoms with E-state index in [0.29, 0.717) is 19.1 Å². The number of nitrogens with zero attached hydrogens (tertiary/aromatic N) is 1. The Labute approximate surface area is 103 Å². The van der Waals surface area contributed by atoms with Crippen molar-refractivity contribution in [2.24, 2.45) is 0 Å². The molecule has 0 radical (unpaired) electrons. The number of methoxy groups -OCH3 is 1. The number of nitriles is 1. The number of ether oxygens (including phenoxy) is 1. The smallest absolute Gasteiger partial charge is 0.0713 e. The van der Waals surface area contributed by atoms with Crippen LogP contribution in [0.4, 0.5) is 0 Å². The summed E-state index contributed by atoms with van der Waals surface area (Å²) < 4.78 is 5.06. The molecule has 0 aliphatic carbocycles. The molecule has 0 spiro atoms. The lowest BCUT2D eigenvalue weighted by Gasteiger charge is -2.13. The minimum absolute atomic E-state index is 0.290. The first-order chi connectivity index (χ1) is 8.30. The highest BCUT2D eigenvalue weighted by atomic mass is 16.5. The van der Waals surface area contributed by atoms with Crippen LogP contribution in [0.3, 0.4) is 0 Å². The standard InChI is InChI=1S/C14H20N2O/c1-3-14(8-9-15)16-10-12-4-6-13(7-5-12)11-17-2/h4-7,14,16H,3,8,10-11H2,1-2H3. The van der Waals surface area contributed by atoms with E-state index in [1.807, 2.05) is 0 Å². The number of benzene rings is 1. The topological polar surface area (TPSA) is 45.0 Å². The molecule has 1 atom stereocenters. The van der Waals surface area contributed by atoms with Gasteiger partial charge in [-0.25, -0.2) is 0 Å². The predicted octanol–water partition coefficient (Wildman–Crippen LogP) is 2.61. The summed E-state index contributed by atoms with van der Waals surface area (Å²) in [5.41, 5.74) is 2.42. The quantitative estimate of drug-likeness (QED) is 0.786. The van der Waals surface area contributed by atoms with E-state index in [2.05, 4.69) is 42.6 Å². The van der Waals surface area contributed by atoms with Crippen molar-refractivity contribution in [3.63, 3.8) is 0 Å². The van der Waals surface area contributed by atoms with Gasteiger partial charge in [-0.15, -0.1) is 0 Å². The molecule has 17 heavy (non-hydrogen) atoms. The van der Waals surface area contributed by atoms with Crippen LogP contribution in [0.1, 0.15) is 30.9 Å². The highest BCUT2D eigenvalue weighted by molar-refractivity contribution is 5.22. The van der Waals surface area contributed by atoms with E-state index in [1.54, 1.807) is 7.11 Å². The highest BCUT2D eigenvalue weighted by Crippen LogP contribution is 2.06. The summed E-state index contributed by atoms with van der Waals surface area (Å²) in [7, 11) is 1.70. The van der Waals surface area contributed by atoms with E-state index < -0.39 is 0 Å². The first-order valence-electron chi connectivity index (χ1n) is 5.97. The first kappa shape index (κ1) is 13.7. The summed E-state index contributed by atoms with van der Waals surface area (Å²) in [5, 5.41) is 12.0. The fourth-order valence-corrected chi connectivity index (χ4v) is 1.65. The van der Waals surface area contributed by atoms with Gasteiger partial charge < -0.3 is 10.1 Å². The molecule has 0 aliphatic heterocycles. The summed E-state index contributed by atoms with van der Waals surface area (Å²) in [6.07, 6.45) is 1.55. The molecular weight excluding hydrogens is 212 g/mol. The van der Waals surface area contributed by atoms with Crippen molar-refractivity contribution in [3.8, 4) is 6.07 Å². The predicted molar refractivity (Wildman–Crippen MR) is 68.3 cm³/mol. The summed E-state index contributed by atoms with van der Waals surface area (Å²) in [5.74, 6) is 0. The van der Waals surface area contributed by atoms with Crippen LogP contribution in [0, 0.1) is 11.3 Å². The Morgan fingerprint density at radius 2 is 1.94 bits per heavy atom. The number of rotatable bonds is 7. The molecule has 0 saturated carbocycles. The lowest BCUT2D eigenvalue weighted by atomic mass is 10.1. The Morgan fingerprint density at radius 1 is 1.29 bits per heavy atom. The van der Waals surface area contributed by atoms with Gasteiger partial charge in [-0.2, -0.15) is 5.26 Å². The van der Waals surface area contributed by atoms with Gasteiger partial charge in [-0.3, -0.25) is 0 Å². The van der Waals surface area contributed by atoms with Crippen LogP contribution >= 0.6 is 0 Å². The van der Waals surface area contributed by atoms with Crippen LogP contribution in [0.2, 0.25) is 0 Å². The third-order valence-electron chi connectivity index (χ3n) is 2.76. The van der Waals surface area contributed by atoms with Crippen LogP contribution in [0.25, 0.3) is 0 Å². The van der Waals surface area contributed by atoms with Gasteiger partial charge in [0.05, 0.1) is 19.1 Å². The molecule has 1 aromatic rings. The molecule has 1 rings (SSSR count). The maximum absolute atomic E-state index is 8.66. The average Bonchev–Trinajstić information content (AvgIpc) is 2.36. The van der Waals surface area contributed by atoms with Crippen LogP contribution in [0.15, 0.2) is 24.3 Å². The molecule has 3 nitrogen and oxygen atoms in total. The highest BCUT2D eigenvalue weighted by Gasteiger charge is 2.04. The molecule has 0 bridgehead atoms. The second-order valence-corrected chi connectivity index (χ2v) is 4.10. The molecule has 0 fully saturated rings. The minimum Gasteiger partial charge on any atom is -0.380 e. The summed E-state index contributed by atoms with van der Waals surface area (Å²) in [4.78, 5) is 0. The second-order valence-electron chi connectivity index (χ2n) is 4.10. The summed E-state index contributed by atoms with van der Waals surface area (Å²) >= 11 is 0. The lowest BCUT2D eigenvalue weighted by Crippen LogP contribution is -2.27. The maximum Gasteiger partial charge on any atom is 0.0713 e. The van der Waals surface area contributed by atoms with E-state index in [9.17, 15) is 0 Å². The Balaban J connectivity index is 2.43. The van der Waals surface area contributed by atoms with Crippen molar-refractivity contribution in [2.45, 2.75) is 39.0 Å². The van der Waals surface area contributed by atoms with Crippen molar-refractivity contribution in [1.82, 2.24) is 5.32 Å². The van der Waals surface area contributed by atoms with Crippen LogP contribution < -0.4 is 5.32 Å². The molecule has 1 unspecified atom stereocenters. The van der Waals surface area contributed by atoms with Crippen molar-refractivity contribution in [1.29, 1.82) is 5.26 Å². The Hall–Kier alpha value is -1.37. The minimum atomic E-state index is 0.290. The fraction of sp³-hybridized carbons (Fsp3) is 0.500. The Morgan fingerprint density at radius 3 is 2.47 bits per heavy atom. The molecule has 3 heteroatoms. The van der Waals surface area contributed by atoms with Gasteiger partial charge in [0.1, 0.15) is 0 Å². The second kappa shape index (κ2) is 7.83. The van der Waals surface area contributed by atoms with Gasteiger partial charge in [-0.05, 0) is 17.5 Å².